The number of hydrogen-bond acceptors (Lipinski definition) is 4. The first-order valence-corrected chi connectivity index (χ1v) is 7.35. The molecular weight excluding hydrogens is 296 g/mol. The molecule has 0 saturated carbocycles. The number of likely N-dealkylation sites (N-methyl/N-ethyl adjacent to an activating group) is 1. The highest BCUT2D eigenvalue weighted by Crippen LogP contribution is 2.06. The fraction of sp³-hybridized carbons (Fsp3) is 0.312. The molecule has 1 aromatic carbocycles. The smallest absolute Gasteiger partial charge is 0.257 e. The molecule has 0 radical (unpaired) electrons. The highest BCUT2D eigenvalue weighted by atomic mass is 16.2. The molecule has 0 fully saturated rings. The van der Waals surface area contributed by atoms with E-state index in [0.29, 0.717) is 17.4 Å². The maximum Gasteiger partial charge on any atom is 0.257 e. The molecule has 1 unspecified atom stereocenters. The Morgan fingerprint density at radius 2 is 1.96 bits per heavy atom. The average Bonchev–Trinajstić information content (AvgIpc) is 2.58. The third-order valence-corrected chi connectivity index (χ3v) is 3.54. The van der Waals surface area contributed by atoms with Crippen LogP contribution >= 0.6 is 0 Å². The van der Waals surface area contributed by atoms with E-state index in [0.717, 1.165) is 0 Å². The molecular formula is C16H20N4O3. The quantitative estimate of drug-likeness (QED) is 0.601. The van der Waals surface area contributed by atoms with Crippen molar-refractivity contribution in [3.8, 4) is 0 Å². The van der Waals surface area contributed by atoms with Crippen molar-refractivity contribution in [1.29, 1.82) is 0 Å². The van der Waals surface area contributed by atoms with Gasteiger partial charge in [-0.25, -0.2) is 0 Å². The van der Waals surface area contributed by atoms with Crippen molar-refractivity contribution in [3.63, 3.8) is 0 Å². The van der Waals surface area contributed by atoms with E-state index in [1.807, 2.05) is 6.92 Å². The molecule has 0 aliphatic heterocycles. The lowest BCUT2D eigenvalue weighted by molar-refractivity contribution is -0.120. The minimum atomic E-state index is -0.575. The Bertz CT molecular complexity index is 769. The van der Waals surface area contributed by atoms with Gasteiger partial charge in [0.15, 0.2) is 0 Å². The number of rotatable bonds is 6. The molecule has 2 aromatic rings. The van der Waals surface area contributed by atoms with Gasteiger partial charge in [-0.1, -0.05) is 12.1 Å². The van der Waals surface area contributed by atoms with Crippen molar-refractivity contribution in [2.24, 2.45) is 0 Å². The van der Waals surface area contributed by atoms with Crippen molar-refractivity contribution in [2.75, 3.05) is 20.1 Å². The van der Waals surface area contributed by atoms with Crippen molar-refractivity contribution in [3.05, 3.63) is 46.2 Å². The molecule has 2 amide bonds. The van der Waals surface area contributed by atoms with Crippen molar-refractivity contribution in [1.82, 2.24) is 20.9 Å². The van der Waals surface area contributed by atoms with Crippen molar-refractivity contribution < 1.29 is 9.59 Å². The molecule has 0 spiro atoms. The van der Waals surface area contributed by atoms with Crippen LogP contribution in [0.25, 0.3) is 10.9 Å². The number of carbonyl (C=O) groups is 2. The molecule has 1 aromatic heterocycles. The highest BCUT2D eigenvalue weighted by Gasteiger charge is 2.13. The summed E-state index contributed by atoms with van der Waals surface area (Å²) in [7, 11) is 1.80. The molecule has 7 heteroatoms. The molecule has 0 bridgehead atoms. The Morgan fingerprint density at radius 1 is 1.22 bits per heavy atom. The zero-order chi connectivity index (χ0) is 16.8. The maximum absolute atomic E-state index is 12.3. The largest absolute Gasteiger partial charge is 0.360 e. The summed E-state index contributed by atoms with van der Waals surface area (Å²) in [4.78, 5) is 38.9. The van der Waals surface area contributed by atoms with Gasteiger partial charge in [0.25, 0.3) is 5.91 Å². The van der Waals surface area contributed by atoms with Gasteiger partial charge >= 0.3 is 0 Å². The topological polar surface area (TPSA) is 103 Å². The predicted octanol–water partition coefficient (Wildman–Crippen LogP) is -0.0180. The third-order valence-electron chi connectivity index (χ3n) is 3.54. The monoisotopic (exact) mass is 316 g/mol. The summed E-state index contributed by atoms with van der Waals surface area (Å²) in [5.74, 6) is -0.883. The van der Waals surface area contributed by atoms with Crippen LogP contribution < -0.4 is 21.4 Å². The summed E-state index contributed by atoms with van der Waals surface area (Å²) in [6, 6.07) is 7.08. The number of nitrogens with one attached hydrogen (secondary N) is 4. The lowest BCUT2D eigenvalue weighted by atomic mass is 10.1. The molecule has 1 heterocycles. The van der Waals surface area contributed by atoms with Gasteiger partial charge in [0.05, 0.1) is 6.54 Å². The summed E-state index contributed by atoms with van der Waals surface area (Å²) in [6.07, 6.45) is 1.36. The Balaban J connectivity index is 2.00. The van der Waals surface area contributed by atoms with E-state index in [1.54, 1.807) is 31.3 Å². The third kappa shape index (κ3) is 4.17. The van der Waals surface area contributed by atoms with E-state index in [-0.39, 0.29) is 29.5 Å². The van der Waals surface area contributed by atoms with Gasteiger partial charge in [-0.05, 0) is 26.1 Å². The first-order chi connectivity index (χ1) is 11.0. The summed E-state index contributed by atoms with van der Waals surface area (Å²) < 4.78 is 0. The minimum Gasteiger partial charge on any atom is -0.360 e. The summed E-state index contributed by atoms with van der Waals surface area (Å²) in [6.45, 7) is 2.21. The number of aromatic nitrogens is 1. The fourth-order valence-electron chi connectivity index (χ4n) is 2.02. The molecule has 7 nitrogen and oxygen atoms in total. The first-order valence-electron chi connectivity index (χ1n) is 7.35. The van der Waals surface area contributed by atoms with E-state index in [9.17, 15) is 14.4 Å². The molecule has 23 heavy (non-hydrogen) atoms. The minimum absolute atomic E-state index is 0.0138. The molecule has 0 aliphatic carbocycles. The van der Waals surface area contributed by atoms with Crippen LogP contribution in [-0.4, -0.2) is 43.0 Å². The van der Waals surface area contributed by atoms with Gasteiger partial charge < -0.3 is 20.9 Å². The van der Waals surface area contributed by atoms with Crippen molar-refractivity contribution >= 4 is 22.7 Å². The Hall–Kier alpha value is -2.67. The number of pyridine rings is 1. The lowest BCUT2D eigenvalue weighted by Gasteiger charge is -2.11. The SMILES string of the molecule is CNC(C)CNC(=O)CNC(=O)c1c[nH]c2ccccc2c1=O. The Kier molecular flexibility index (Phi) is 5.48. The zero-order valence-corrected chi connectivity index (χ0v) is 13.1. The van der Waals surface area contributed by atoms with Gasteiger partial charge in [-0.2, -0.15) is 0 Å². The normalized spacial score (nSPS) is 11.9. The van der Waals surface area contributed by atoms with Crippen LogP contribution in [0.3, 0.4) is 0 Å². The molecule has 2 rings (SSSR count). The molecule has 0 aliphatic rings. The number of fused-ring (bicyclic) bond motifs is 1. The van der Waals surface area contributed by atoms with Crippen LogP contribution in [0.15, 0.2) is 35.3 Å². The number of hydrogen-bond donors (Lipinski definition) is 4. The molecule has 1 atom stereocenters. The van der Waals surface area contributed by atoms with Crippen LogP contribution in [0.4, 0.5) is 0 Å². The van der Waals surface area contributed by atoms with E-state index in [2.05, 4.69) is 20.9 Å². The molecule has 4 N–H and O–H groups in total. The van der Waals surface area contributed by atoms with Crippen LogP contribution in [0.1, 0.15) is 17.3 Å². The van der Waals surface area contributed by atoms with Crippen LogP contribution in [0.5, 0.6) is 0 Å². The molecule has 122 valence electrons. The summed E-state index contributed by atoms with van der Waals surface area (Å²) in [5.41, 5.74) is 0.286. The van der Waals surface area contributed by atoms with E-state index in [4.69, 9.17) is 0 Å². The maximum atomic E-state index is 12.3. The fourth-order valence-corrected chi connectivity index (χ4v) is 2.02. The second kappa shape index (κ2) is 7.55. The second-order valence-corrected chi connectivity index (χ2v) is 5.25. The number of para-hydroxylation sites is 1. The second-order valence-electron chi connectivity index (χ2n) is 5.25. The van der Waals surface area contributed by atoms with Gasteiger partial charge in [-0.3, -0.25) is 14.4 Å². The number of benzene rings is 1. The van der Waals surface area contributed by atoms with Gasteiger partial charge in [0.1, 0.15) is 5.56 Å². The van der Waals surface area contributed by atoms with E-state index in [1.165, 1.54) is 6.20 Å². The highest BCUT2D eigenvalue weighted by molar-refractivity contribution is 5.98. The van der Waals surface area contributed by atoms with Gasteiger partial charge in [0, 0.05) is 29.7 Å². The summed E-state index contributed by atoms with van der Waals surface area (Å²) >= 11 is 0. The van der Waals surface area contributed by atoms with Gasteiger partial charge in [-0.15, -0.1) is 0 Å². The average molecular weight is 316 g/mol. The lowest BCUT2D eigenvalue weighted by Crippen LogP contribution is -2.42. The van der Waals surface area contributed by atoms with E-state index < -0.39 is 5.91 Å². The number of H-pyrrole nitrogens is 1. The van der Waals surface area contributed by atoms with Crippen LogP contribution in [-0.2, 0) is 4.79 Å². The number of amides is 2. The Labute approximate surface area is 133 Å². The number of aromatic amines is 1. The Morgan fingerprint density at radius 3 is 2.70 bits per heavy atom. The standard InChI is InChI=1S/C16H20N4O3/c1-10(17-2)7-19-14(21)9-20-16(23)12-8-18-13-6-4-3-5-11(13)15(12)22/h3-6,8,10,17H,7,9H2,1-2H3,(H,18,22)(H,19,21)(H,20,23). The van der Waals surface area contributed by atoms with Crippen molar-refractivity contribution in [2.45, 2.75) is 13.0 Å². The zero-order valence-electron chi connectivity index (χ0n) is 13.1. The van der Waals surface area contributed by atoms with E-state index >= 15 is 0 Å². The van der Waals surface area contributed by atoms with Crippen LogP contribution in [0.2, 0.25) is 0 Å². The predicted molar refractivity (Wildman–Crippen MR) is 88.4 cm³/mol. The van der Waals surface area contributed by atoms with Gasteiger partial charge in [0.2, 0.25) is 11.3 Å². The van der Waals surface area contributed by atoms with Crippen LogP contribution in [0, 0.1) is 0 Å². The molecule has 0 saturated heterocycles. The first kappa shape index (κ1) is 16.7. The summed E-state index contributed by atoms with van der Waals surface area (Å²) in [5, 5.41) is 8.56. The number of carbonyl (C=O) groups excluding carboxylic acids is 2.